The standard InChI is InChI=1S/C41H28N2O/c1-3-10-29(11-4-1)31-19-23-34(24-20-31)43(35-25-21-32(22-26-35)30-12-5-2-6-13-30)36-15-7-14-33(28-36)37-16-8-17-38-40-39(44-41(37)38)18-9-27-42-40/h1-28H. The Morgan fingerprint density at radius 1 is 0.432 bits per heavy atom. The van der Waals surface area contributed by atoms with Crippen LogP contribution in [0.3, 0.4) is 0 Å². The molecule has 2 aromatic heterocycles. The first-order valence-electron chi connectivity index (χ1n) is 14.8. The number of pyridine rings is 1. The predicted octanol–water partition coefficient (Wildman–Crippen LogP) is 11.5. The number of fused-ring (bicyclic) bond motifs is 3. The maximum absolute atomic E-state index is 6.34. The Balaban J connectivity index is 1.24. The molecule has 0 saturated heterocycles. The summed E-state index contributed by atoms with van der Waals surface area (Å²) in [7, 11) is 0. The van der Waals surface area contributed by atoms with Crippen LogP contribution in [0.5, 0.6) is 0 Å². The molecule has 2 heterocycles. The van der Waals surface area contributed by atoms with Crippen molar-refractivity contribution in [2.75, 3.05) is 4.90 Å². The number of furan rings is 1. The van der Waals surface area contributed by atoms with Crippen LogP contribution in [0.4, 0.5) is 17.1 Å². The Morgan fingerprint density at radius 2 is 1.00 bits per heavy atom. The Labute approximate surface area is 256 Å². The molecular weight excluding hydrogens is 536 g/mol. The largest absolute Gasteiger partial charge is 0.454 e. The molecule has 3 nitrogen and oxygen atoms in total. The minimum absolute atomic E-state index is 0.796. The van der Waals surface area contributed by atoms with Gasteiger partial charge in [0.25, 0.3) is 0 Å². The van der Waals surface area contributed by atoms with Gasteiger partial charge < -0.3 is 9.32 Å². The molecule has 0 spiro atoms. The van der Waals surface area contributed by atoms with Gasteiger partial charge >= 0.3 is 0 Å². The summed E-state index contributed by atoms with van der Waals surface area (Å²) in [6.45, 7) is 0. The van der Waals surface area contributed by atoms with E-state index in [-0.39, 0.29) is 0 Å². The Hall–Kier alpha value is -5.93. The van der Waals surface area contributed by atoms with Gasteiger partial charge in [0.15, 0.2) is 5.58 Å². The van der Waals surface area contributed by atoms with Gasteiger partial charge in [-0.2, -0.15) is 0 Å². The molecule has 0 aliphatic carbocycles. The van der Waals surface area contributed by atoms with Gasteiger partial charge in [-0.15, -0.1) is 0 Å². The molecule has 0 N–H and O–H groups in total. The third kappa shape index (κ3) is 4.71. The van der Waals surface area contributed by atoms with Crippen molar-refractivity contribution in [1.82, 2.24) is 4.98 Å². The second-order valence-electron chi connectivity index (χ2n) is 10.8. The van der Waals surface area contributed by atoms with Crippen molar-refractivity contribution in [3.05, 3.63) is 170 Å². The second-order valence-corrected chi connectivity index (χ2v) is 10.8. The van der Waals surface area contributed by atoms with Crippen LogP contribution in [0.1, 0.15) is 0 Å². The molecule has 0 aliphatic heterocycles. The van der Waals surface area contributed by atoms with Crippen LogP contribution >= 0.6 is 0 Å². The number of anilines is 3. The van der Waals surface area contributed by atoms with Crippen LogP contribution in [0.2, 0.25) is 0 Å². The van der Waals surface area contributed by atoms with Gasteiger partial charge in [0.1, 0.15) is 11.1 Å². The first-order chi connectivity index (χ1) is 21.8. The van der Waals surface area contributed by atoms with Crippen molar-refractivity contribution < 1.29 is 4.42 Å². The lowest BCUT2D eigenvalue weighted by atomic mass is 10.0. The van der Waals surface area contributed by atoms with E-state index in [1.807, 2.05) is 30.5 Å². The third-order valence-corrected chi connectivity index (χ3v) is 8.13. The molecule has 0 atom stereocenters. The highest BCUT2D eigenvalue weighted by molar-refractivity contribution is 6.07. The molecule has 0 aliphatic rings. The van der Waals surface area contributed by atoms with E-state index in [2.05, 4.69) is 149 Å². The van der Waals surface area contributed by atoms with Gasteiger partial charge in [-0.05, 0) is 82.4 Å². The van der Waals surface area contributed by atoms with Gasteiger partial charge in [0, 0.05) is 34.2 Å². The summed E-state index contributed by atoms with van der Waals surface area (Å²) in [5, 5.41) is 1.02. The molecule has 0 bridgehead atoms. The number of nitrogens with zero attached hydrogens (tertiary/aromatic N) is 2. The molecule has 208 valence electrons. The molecule has 8 aromatic rings. The Bertz CT molecular complexity index is 2120. The maximum Gasteiger partial charge on any atom is 0.153 e. The summed E-state index contributed by atoms with van der Waals surface area (Å²) in [5.74, 6) is 0. The molecule has 6 aromatic carbocycles. The van der Waals surface area contributed by atoms with E-state index < -0.39 is 0 Å². The summed E-state index contributed by atoms with van der Waals surface area (Å²) in [4.78, 5) is 6.90. The molecule has 8 rings (SSSR count). The highest BCUT2D eigenvalue weighted by Crippen LogP contribution is 2.40. The maximum atomic E-state index is 6.34. The smallest absolute Gasteiger partial charge is 0.153 e. The molecule has 0 saturated carbocycles. The lowest BCUT2D eigenvalue weighted by Crippen LogP contribution is -2.10. The van der Waals surface area contributed by atoms with E-state index in [1.165, 1.54) is 22.3 Å². The van der Waals surface area contributed by atoms with Gasteiger partial charge in [-0.3, -0.25) is 4.98 Å². The number of hydrogen-bond donors (Lipinski definition) is 0. The Kier molecular flexibility index (Phi) is 6.47. The van der Waals surface area contributed by atoms with E-state index in [0.29, 0.717) is 0 Å². The normalized spacial score (nSPS) is 11.2. The molecule has 0 fully saturated rings. The molecule has 3 heteroatoms. The number of para-hydroxylation sites is 1. The summed E-state index contributed by atoms with van der Waals surface area (Å²) in [6.07, 6.45) is 1.81. The minimum atomic E-state index is 0.796. The van der Waals surface area contributed by atoms with Crippen LogP contribution < -0.4 is 4.90 Å². The monoisotopic (exact) mass is 564 g/mol. The molecule has 44 heavy (non-hydrogen) atoms. The minimum Gasteiger partial charge on any atom is -0.454 e. The number of hydrogen-bond acceptors (Lipinski definition) is 3. The fourth-order valence-corrected chi connectivity index (χ4v) is 5.97. The third-order valence-electron chi connectivity index (χ3n) is 8.13. The Morgan fingerprint density at radius 3 is 1.64 bits per heavy atom. The van der Waals surface area contributed by atoms with Gasteiger partial charge in [0.05, 0.1) is 0 Å². The van der Waals surface area contributed by atoms with Crippen LogP contribution in [-0.2, 0) is 0 Å². The zero-order valence-corrected chi connectivity index (χ0v) is 24.0. The van der Waals surface area contributed by atoms with Crippen molar-refractivity contribution in [3.63, 3.8) is 0 Å². The van der Waals surface area contributed by atoms with Crippen LogP contribution in [0.25, 0.3) is 55.4 Å². The summed E-state index contributed by atoms with van der Waals surface area (Å²) >= 11 is 0. The fraction of sp³-hybridized carbons (Fsp3) is 0. The summed E-state index contributed by atoms with van der Waals surface area (Å²) < 4.78 is 6.34. The van der Waals surface area contributed by atoms with Crippen molar-refractivity contribution in [2.45, 2.75) is 0 Å². The van der Waals surface area contributed by atoms with Crippen molar-refractivity contribution in [3.8, 4) is 33.4 Å². The highest BCUT2D eigenvalue weighted by atomic mass is 16.3. The van der Waals surface area contributed by atoms with Crippen LogP contribution in [-0.4, -0.2) is 4.98 Å². The molecular formula is C41H28N2O. The number of benzene rings is 6. The SMILES string of the molecule is c1ccc(-c2ccc(N(c3ccc(-c4ccccc4)cc3)c3cccc(-c4cccc5c4oc4cccnc45)c3)cc2)cc1. The van der Waals surface area contributed by atoms with Gasteiger partial charge in [-0.1, -0.05) is 109 Å². The quantitative estimate of drug-likeness (QED) is 0.201. The second kappa shape index (κ2) is 11.0. The van der Waals surface area contributed by atoms with Crippen molar-refractivity contribution in [2.24, 2.45) is 0 Å². The van der Waals surface area contributed by atoms with Crippen LogP contribution in [0, 0.1) is 0 Å². The van der Waals surface area contributed by atoms with E-state index in [4.69, 9.17) is 4.42 Å². The lowest BCUT2D eigenvalue weighted by Gasteiger charge is -2.26. The predicted molar refractivity (Wildman–Crippen MR) is 183 cm³/mol. The molecule has 0 radical (unpaired) electrons. The van der Waals surface area contributed by atoms with E-state index in [0.717, 1.165) is 50.3 Å². The first kappa shape index (κ1) is 25.8. The molecule has 0 unspecified atom stereocenters. The van der Waals surface area contributed by atoms with Gasteiger partial charge in [0.2, 0.25) is 0 Å². The number of aromatic nitrogens is 1. The summed E-state index contributed by atoms with van der Waals surface area (Å²) in [6, 6.07) is 57.4. The molecule has 0 amide bonds. The van der Waals surface area contributed by atoms with E-state index >= 15 is 0 Å². The zero-order chi connectivity index (χ0) is 29.3. The lowest BCUT2D eigenvalue weighted by molar-refractivity contribution is 0.669. The van der Waals surface area contributed by atoms with E-state index in [9.17, 15) is 0 Å². The van der Waals surface area contributed by atoms with E-state index in [1.54, 1.807) is 0 Å². The topological polar surface area (TPSA) is 29.3 Å². The summed E-state index contributed by atoms with van der Waals surface area (Å²) in [5.41, 5.74) is 12.7. The zero-order valence-electron chi connectivity index (χ0n) is 24.0. The fourth-order valence-electron chi connectivity index (χ4n) is 5.97. The number of rotatable bonds is 6. The van der Waals surface area contributed by atoms with Crippen molar-refractivity contribution >= 4 is 39.1 Å². The van der Waals surface area contributed by atoms with Crippen LogP contribution in [0.15, 0.2) is 174 Å². The van der Waals surface area contributed by atoms with Gasteiger partial charge in [-0.25, -0.2) is 0 Å². The van der Waals surface area contributed by atoms with Crippen molar-refractivity contribution in [1.29, 1.82) is 0 Å². The first-order valence-corrected chi connectivity index (χ1v) is 14.8. The average molecular weight is 565 g/mol. The average Bonchev–Trinajstić information content (AvgIpc) is 3.49. The highest BCUT2D eigenvalue weighted by Gasteiger charge is 2.17.